The highest BCUT2D eigenvalue weighted by atomic mass is 16.7. The molecule has 4 aliphatic rings. The largest absolute Gasteiger partial charge is 0.507 e. The molecule has 22 heteroatoms. The number of ketones is 3. The molecule has 2 aromatic heterocycles. The van der Waals surface area contributed by atoms with Crippen molar-refractivity contribution < 1.29 is 58.4 Å². The van der Waals surface area contributed by atoms with Gasteiger partial charge in [-0.05, 0) is 49.7 Å². The van der Waals surface area contributed by atoms with Crippen molar-refractivity contribution in [2.75, 3.05) is 32.8 Å². The molecule has 0 unspecified atom stereocenters. The number of aromatic nitrogens is 5. The number of benzene rings is 2. The fourth-order valence-corrected chi connectivity index (χ4v) is 9.82. The first-order valence-electron chi connectivity index (χ1n) is 25.1. The van der Waals surface area contributed by atoms with E-state index >= 15 is 4.79 Å². The SMILES string of the molecule is C/C(=C/C=C/[C@H](C)[C@H](O)[C@@H](C)[C@@H](O)C(C)C)C(=O)NC1=C(N2CCN(Cc3cn(Cc4ccc(CO[C@@H]5COc6nc([N+](=O)[O-])cn6C5)cc4)nn3)CC2)C(=O)c2c(c(O)c(C)c3c2C(=O)[C@@](C)(OC(C)C)O3)C1=O. The monoisotopic (exact) mass is 1040 g/mol. The average molecular weight is 1040 g/mol. The van der Waals surface area contributed by atoms with E-state index in [1.54, 1.807) is 54.0 Å². The fraction of sp³-hybridized carbons (Fsp3) is 0.491. The molecular formula is C53H65N9O13. The number of imidazole rings is 1. The van der Waals surface area contributed by atoms with E-state index in [0.717, 1.165) is 11.1 Å². The zero-order valence-corrected chi connectivity index (χ0v) is 43.6. The molecule has 4 aromatic rings. The minimum Gasteiger partial charge on any atom is -0.507 e. The van der Waals surface area contributed by atoms with Crippen LogP contribution in [0.15, 0.2) is 71.9 Å². The molecular weight excluding hydrogens is 971 g/mol. The van der Waals surface area contributed by atoms with Crippen molar-refractivity contribution in [3.05, 3.63) is 121 Å². The lowest BCUT2D eigenvalue weighted by Gasteiger charge is -2.38. The Morgan fingerprint density at radius 2 is 1.67 bits per heavy atom. The Morgan fingerprint density at radius 3 is 2.33 bits per heavy atom. The number of hydrogen-bond acceptors (Lipinski definition) is 18. The lowest BCUT2D eigenvalue weighted by molar-refractivity contribution is -0.389. The number of piperazine rings is 1. The molecule has 0 spiro atoms. The van der Waals surface area contributed by atoms with E-state index in [4.69, 9.17) is 18.9 Å². The van der Waals surface area contributed by atoms with Gasteiger partial charge in [0.1, 0.15) is 41.8 Å². The van der Waals surface area contributed by atoms with Crippen LogP contribution in [0.3, 0.4) is 0 Å². The lowest BCUT2D eigenvalue weighted by atomic mass is 9.82. The minimum atomic E-state index is -1.84. The molecule has 0 radical (unpaired) electrons. The molecule has 0 saturated carbocycles. The van der Waals surface area contributed by atoms with Crippen molar-refractivity contribution in [2.45, 2.75) is 119 Å². The number of allylic oxidation sites excluding steroid dienone is 4. The minimum absolute atomic E-state index is 0.0514. The molecule has 1 fully saturated rings. The first-order chi connectivity index (χ1) is 35.5. The van der Waals surface area contributed by atoms with Crippen LogP contribution in [0.5, 0.6) is 17.5 Å². The van der Waals surface area contributed by atoms with Crippen LogP contribution in [0.1, 0.15) is 109 Å². The number of amides is 1. The Labute approximate surface area is 433 Å². The van der Waals surface area contributed by atoms with Crippen LogP contribution in [0, 0.1) is 34.8 Å². The van der Waals surface area contributed by atoms with Gasteiger partial charge in [0, 0.05) is 67.6 Å². The number of hydrogen-bond donors (Lipinski definition) is 4. The topological polar surface area (TPSA) is 276 Å². The Hall–Kier alpha value is -7.11. The molecule has 8 rings (SSSR count). The summed E-state index contributed by atoms with van der Waals surface area (Å²) in [6.07, 6.45) is 5.67. The zero-order valence-electron chi connectivity index (χ0n) is 43.6. The summed E-state index contributed by atoms with van der Waals surface area (Å²) in [6.45, 7) is 18.3. The normalized spacial score (nSPS) is 20.8. The number of aliphatic hydroxyl groups excluding tert-OH is 2. The molecule has 400 valence electrons. The summed E-state index contributed by atoms with van der Waals surface area (Å²) < 4.78 is 26.9. The second-order valence-corrected chi connectivity index (χ2v) is 20.5. The van der Waals surface area contributed by atoms with E-state index in [9.17, 15) is 39.8 Å². The Morgan fingerprint density at radius 1 is 0.973 bits per heavy atom. The van der Waals surface area contributed by atoms with Gasteiger partial charge in [0.2, 0.25) is 17.3 Å². The van der Waals surface area contributed by atoms with Crippen LogP contribution >= 0.6 is 0 Å². The van der Waals surface area contributed by atoms with Crippen molar-refractivity contribution in [2.24, 2.45) is 17.8 Å². The van der Waals surface area contributed by atoms with Gasteiger partial charge in [-0.3, -0.25) is 28.6 Å². The van der Waals surface area contributed by atoms with Gasteiger partial charge in [0.25, 0.3) is 11.7 Å². The number of fused-ring (bicyclic) bond motifs is 4. The number of aliphatic hydroxyl groups is 2. The molecule has 3 aliphatic heterocycles. The van der Waals surface area contributed by atoms with Gasteiger partial charge in [-0.1, -0.05) is 75.4 Å². The van der Waals surface area contributed by atoms with Gasteiger partial charge in [0.05, 0.1) is 66.6 Å². The third-order valence-corrected chi connectivity index (χ3v) is 14.1. The summed E-state index contributed by atoms with van der Waals surface area (Å²) in [5.74, 6) is -6.58. The van der Waals surface area contributed by atoms with Crippen LogP contribution in [-0.4, -0.2) is 141 Å². The van der Waals surface area contributed by atoms with E-state index in [1.165, 1.54) is 33.0 Å². The number of nitrogens with one attached hydrogen (secondary N) is 1. The molecule has 75 heavy (non-hydrogen) atoms. The fourth-order valence-electron chi connectivity index (χ4n) is 9.82. The van der Waals surface area contributed by atoms with Crippen LogP contribution in [0.2, 0.25) is 0 Å². The van der Waals surface area contributed by atoms with Gasteiger partial charge in [-0.25, -0.2) is 4.68 Å². The number of aromatic hydroxyl groups is 1. The number of nitro groups is 1. The van der Waals surface area contributed by atoms with Crippen molar-refractivity contribution >= 4 is 29.1 Å². The molecule has 0 bridgehead atoms. The number of ether oxygens (including phenoxy) is 4. The summed E-state index contributed by atoms with van der Waals surface area (Å²) in [5, 5.41) is 55.6. The Kier molecular flexibility index (Phi) is 15.9. The maximum atomic E-state index is 15.1. The summed E-state index contributed by atoms with van der Waals surface area (Å²) in [5.41, 5.74) is 1.42. The van der Waals surface area contributed by atoms with Gasteiger partial charge in [-0.2, -0.15) is 0 Å². The van der Waals surface area contributed by atoms with Crippen LogP contribution in [0.4, 0.5) is 5.82 Å². The number of phenols is 1. The summed E-state index contributed by atoms with van der Waals surface area (Å²) in [7, 11) is 0. The van der Waals surface area contributed by atoms with E-state index in [-0.39, 0.29) is 88.9 Å². The number of rotatable bonds is 19. The molecule has 5 heterocycles. The van der Waals surface area contributed by atoms with Gasteiger partial charge < -0.3 is 54.6 Å². The average Bonchev–Trinajstić information content (AvgIpc) is 4.11. The standard InChI is InChI=1S/C53H65N9O13/c1-28(2)44(63)32(7)45(64)30(5)11-10-12-31(6)51(69)55-42-43(48(67)39-40(47(42)66)46(65)33(8)49-41(39)50(68)53(9,75-49)74-29(3)4)59-19-17-58(18-20-59)22-36-23-61(57-56-36)21-34-13-15-35(16-14-34)26-72-37-24-60-25-38(62(70)71)54-52(60)73-27-37/h10-16,23,25,28-30,32,37,44-45,63-65H,17-22,24,26-27H2,1-9H3,(H,55,69)/b11-10+,31-12-/t30-,32-,37-,44-,45-,53-/m0/s1. The number of carbonyl (C=O) groups is 4. The highest BCUT2D eigenvalue weighted by molar-refractivity contribution is 6.32. The van der Waals surface area contributed by atoms with Crippen molar-refractivity contribution in [3.63, 3.8) is 0 Å². The maximum Gasteiger partial charge on any atom is 0.414 e. The van der Waals surface area contributed by atoms with Gasteiger partial charge in [0.15, 0.2) is 0 Å². The first kappa shape index (κ1) is 54.2. The maximum absolute atomic E-state index is 15.1. The molecule has 1 aliphatic carbocycles. The van der Waals surface area contributed by atoms with E-state index in [1.807, 2.05) is 44.3 Å². The van der Waals surface area contributed by atoms with Crippen LogP contribution in [0.25, 0.3) is 0 Å². The number of Topliss-reactive ketones (excluding diaryl/α,β-unsaturated/α-hetero) is 3. The summed E-state index contributed by atoms with van der Waals surface area (Å²) in [6, 6.07) is 8.04. The number of nitrogens with zero attached hydrogens (tertiary/aromatic N) is 8. The van der Waals surface area contributed by atoms with Crippen molar-refractivity contribution in [3.8, 4) is 17.5 Å². The molecule has 1 amide bonds. The number of carbonyl (C=O) groups excluding carboxylic acids is 4. The van der Waals surface area contributed by atoms with Gasteiger partial charge >= 0.3 is 11.8 Å². The second kappa shape index (κ2) is 22.0. The highest BCUT2D eigenvalue weighted by Crippen LogP contribution is 2.49. The Balaban J connectivity index is 0.955. The summed E-state index contributed by atoms with van der Waals surface area (Å²) >= 11 is 0. The number of phenolic OH excluding ortho intramolecular Hbond substituents is 1. The third-order valence-electron chi connectivity index (χ3n) is 14.1. The molecule has 2 aromatic carbocycles. The molecule has 4 N–H and O–H groups in total. The molecule has 22 nitrogen and oxygen atoms in total. The van der Waals surface area contributed by atoms with E-state index in [2.05, 4.69) is 25.5 Å². The lowest BCUT2D eigenvalue weighted by Crippen LogP contribution is -2.49. The second-order valence-electron chi connectivity index (χ2n) is 20.5. The van der Waals surface area contributed by atoms with Gasteiger partial charge in [-0.15, -0.1) is 5.10 Å². The van der Waals surface area contributed by atoms with Crippen LogP contribution < -0.4 is 14.8 Å². The highest BCUT2D eigenvalue weighted by Gasteiger charge is 2.53. The Bertz CT molecular complexity index is 2970. The predicted molar refractivity (Wildman–Crippen MR) is 270 cm³/mol. The predicted octanol–water partition coefficient (Wildman–Crippen LogP) is 4.82. The van der Waals surface area contributed by atoms with E-state index in [0.29, 0.717) is 45.0 Å². The third kappa shape index (κ3) is 11.3. The van der Waals surface area contributed by atoms with E-state index < -0.39 is 69.5 Å². The zero-order chi connectivity index (χ0) is 54.2. The van der Waals surface area contributed by atoms with Crippen molar-refractivity contribution in [1.82, 2.24) is 39.7 Å². The summed E-state index contributed by atoms with van der Waals surface area (Å²) in [4.78, 5) is 76.3. The molecule has 1 saturated heterocycles. The smallest absolute Gasteiger partial charge is 0.414 e. The quantitative estimate of drug-likeness (QED) is 0.0424. The first-order valence-corrected chi connectivity index (χ1v) is 25.1. The van der Waals surface area contributed by atoms with Crippen LogP contribution in [-0.2, 0) is 40.5 Å². The van der Waals surface area contributed by atoms with Crippen molar-refractivity contribution in [1.29, 1.82) is 0 Å². The molecule has 6 atom stereocenters.